The number of thiophene rings is 1. The van der Waals surface area contributed by atoms with Gasteiger partial charge in [0.25, 0.3) is 5.78 Å². The number of carboxylic acid groups (broad SMARTS) is 2. The molecule has 0 spiro atoms. The van der Waals surface area contributed by atoms with Gasteiger partial charge in [-0.15, -0.1) is 11.3 Å². The molecule has 0 radical (unpaired) electrons. The lowest BCUT2D eigenvalue weighted by Crippen LogP contribution is -2.33. The molecular weight excluding hydrogens is 489 g/mol. The van der Waals surface area contributed by atoms with Crippen molar-refractivity contribution in [2.24, 2.45) is 0 Å². The molecule has 1 aromatic carbocycles. The molecule has 0 amide bonds. The van der Waals surface area contributed by atoms with Gasteiger partial charge in [-0.1, -0.05) is 12.1 Å². The maximum atomic E-state index is 13.0. The van der Waals surface area contributed by atoms with Crippen molar-refractivity contribution < 1.29 is 46.2 Å². The van der Waals surface area contributed by atoms with Crippen molar-refractivity contribution in [3.63, 3.8) is 0 Å². The van der Waals surface area contributed by atoms with E-state index in [-0.39, 0.29) is 35.7 Å². The zero-order valence-electron chi connectivity index (χ0n) is 16.8. The Morgan fingerprint density at radius 1 is 1.09 bits per heavy atom. The summed E-state index contributed by atoms with van der Waals surface area (Å²) in [5.74, 6) is -4.28. The minimum absolute atomic E-state index is 0.0876. The fourth-order valence-electron chi connectivity index (χ4n) is 2.70. The van der Waals surface area contributed by atoms with Crippen LogP contribution in [0.1, 0.15) is 34.9 Å². The van der Waals surface area contributed by atoms with E-state index in [0.29, 0.717) is 10.9 Å². The summed E-state index contributed by atoms with van der Waals surface area (Å²) in [6.45, 7) is -0.288. The van der Waals surface area contributed by atoms with Crippen LogP contribution in [0, 0.1) is 0 Å². The topological polar surface area (TPSA) is 150 Å². The van der Waals surface area contributed by atoms with Crippen LogP contribution in [-0.4, -0.2) is 42.9 Å². The number of carboxylic acids is 2. The Morgan fingerprint density at radius 2 is 1.79 bits per heavy atom. The Hall–Kier alpha value is -2.81. The zero-order chi connectivity index (χ0) is 24.8. The van der Waals surface area contributed by atoms with Gasteiger partial charge in [-0.25, -0.2) is 17.9 Å². The largest absolute Gasteiger partial charge is 0.481 e. The van der Waals surface area contributed by atoms with E-state index in [2.05, 4.69) is 10.0 Å². The average molecular weight is 508 g/mol. The number of benzene rings is 1. The summed E-state index contributed by atoms with van der Waals surface area (Å²) in [5, 5.41) is 20.2. The summed E-state index contributed by atoms with van der Waals surface area (Å²) in [4.78, 5) is 34.1. The summed E-state index contributed by atoms with van der Waals surface area (Å²) in [6.07, 6.45) is -4.82. The summed E-state index contributed by atoms with van der Waals surface area (Å²) < 4.78 is 65.7. The molecule has 1 heterocycles. The summed E-state index contributed by atoms with van der Waals surface area (Å²) in [6, 6.07) is 4.75. The highest BCUT2D eigenvalue weighted by Gasteiger charge is 2.33. The number of carbonyl (C=O) groups is 3. The smallest absolute Gasteiger partial charge is 0.416 e. The molecule has 9 nitrogen and oxygen atoms in total. The van der Waals surface area contributed by atoms with Gasteiger partial charge in [0, 0.05) is 24.4 Å². The van der Waals surface area contributed by atoms with Crippen LogP contribution in [-0.2, 0) is 37.1 Å². The van der Waals surface area contributed by atoms with Gasteiger partial charge in [-0.3, -0.25) is 14.9 Å². The fourth-order valence-corrected chi connectivity index (χ4v) is 5.12. The van der Waals surface area contributed by atoms with E-state index < -0.39 is 45.5 Å². The van der Waals surface area contributed by atoms with E-state index in [4.69, 9.17) is 10.2 Å². The first-order chi connectivity index (χ1) is 15.3. The van der Waals surface area contributed by atoms with Crippen LogP contribution < -0.4 is 10.0 Å². The Balaban J connectivity index is 2.15. The third kappa shape index (κ3) is 7.63. The minimum Gasteiger partial charge on any atom is -0.481 e. The van der Waals surface area contributed by atoms with E-state index in [1.165, 1.54) is 18.2 Å². The number of ketones is 1. The van der Waals surface area contributed by atoms with Crippen LogP contribution in [0.15, 0.2) is 40.6 Å². The minimum atomic E-state index is -4.69. The summed E-state index contributed by atoms with van der Waals surface area (Å²) in [5.41, 5.74) is -1.26. The number of aliphatic carboxylic acids is 2. The van der Waals surface area contributed by atoms with Crippen molar-refractivity contribution in [2.45, 2.75) is 35.8 Å². The molecule has 0 saturated carbocycles. The normalized spacial score (nSPS) is 12.9. The number of rotatable bonds is 12. The fraction of sp³-hybridized carbons (Fsp3) is 0.316. The highest BCUT2D eigenvalue weighted by Crippen LogP contribution is 2.31. The van der Waals surface area contributed by atoms with Gasteiger partial charge >= 0.3 is 18.1 Å². The molecular formula is C19H19F3N2O7S2. The molecule has 33 heavy (non-hydrogen) atoms. The second kappa shape index (κ2) is 10.9. The molecule has 0 saturated heterocycles. The second-order valence-corrected chi connectivity index (χ2v) is 9.88. The number of Topliss-reactive ketones (excluding diaryl/α,β-unsaturated/α-hetero) is 1. The Labute approximate surface area is 190 Å². The summed E-state index contributed by atoms with van der Waals surface area (Å²) >= 11 is 0.801. The number of halogens is 3. The van der Waals surface area contributed by atoms with Crippen molar-refractivity contribution in [3.8, 4) is 0 Å². The van der Waals surface area contributed by atoms with E-state index in [1.54, 1.807) is 0 Å². The van der Waals surface area contributed by atoms with Crippen LogP contribution in [0.4, 0.5) is 13.2 Å². The first-order valence-electron chi connectivity index (χ1n) is 9.29. The van der Waals surface area contributed by atoms with E-state index in [0.717, 1.165) is 23.5 Å². The molecule has 0 bridgehead atoms. The average Bonchev–Trinajstić information content (AvgIpc) is 3.21. The number of hydrogen-bond donors (Lipinski definition) is 4. The monoisotopic (exact) mass is 508 g/mol. The quantitative estimate of drug-likeness (QED) is 0.252. The molecule has 4 N–H and O–H groups in total. The van der Waals surface area contributed by atoms with Crippen molar-refractivity contribution >= 4 is 39.1 Å². The molecule has 1 unspecified atom stereocenters. The molecule has 180 valence electrons. The van der Waals surface area contributed by atoms with Crippen molar-refractivity contribution in [1.82, 2.24) is 10.0 Å². The highest BCUT2D eigenvalue weighted by molar-refractivity contribution is 7.91. The lowest BCUT2D eigenvalue weighted by atomic mass is 10.00. The first-order valence-corrected chi connectivity index (χ1v) is 11.6. The Morgan fingerprint density at radius 3 is 2.39 bits per heavy atom. The van der Waals surface area contributed by atoms with Crippen LogP contribution in [0.3, 0.4) is 0 Å². The van der Waals surface area contributed by atoms with Crippen molar-refractivity contribution in [2.75, 3.05) is 6.54 Å². The predicted octanol–water partition coefficient (Wildman–Crippen LogP) is 2.39. The third-order valence-electron chi connectivity index (χ3n) is 4.26. The SMILES string of the molecule is O=C(O)CCCNS(=O)(=O)c1ccc(CNC(C(=O)C(=O)O)c2cccc(C(F)(F)F)c2)s1. The second-order valence-electron chi connectivity index (χ2n) is 6.72. The maximum absolute atomic E-state index is 13.0. The van der Waals surface area contributed by atoms with E-state index in [1.807, 2.05) is 0 Å². The lowest BCUT2D eigenvalue weighted by Gasteiger charge is -2.17. The van der Waals surface area contributed by atoms with Gasteiger partial charge in [0.2, 0.25) is 10.0 Å². The van der Waals surface area contributed by atoms with Crippen molar-refractivity contribution in [1.29, 1.82) is 0 Å². The van der Waals surface area contributed by atoms with Gasteiger partial charge < -0.3 is 10.2 Å². The molecule has 1 atom stereocenters. The number of carbonyl (C=O) groups excluding carboxylic acids is 1. The number of sulfonamides is 1. The Bertz CT molecular complexity index is 1130. The molecule has 14 heteroatoms. The standard InChI is InChI=1S/C19H19F3N2O7S2/c20-19(21,22)12-4-1-3-11(9-12)16(17(27)18(28)29)23-10-13-6-7-15(32-13)33(30,31)24-8-2-5-14(25)26/h1,3-4,6-7,9,16,23-24H,2,5,8,10H2,(H,25,26)(H,28,29). The summed E-state index contributed by atoms with van der Waals surface area (Å²) in [7, 11) is -3.92. The van der Waals surface area contributed by atoms with Gasteiger partial charge in [-0.05, 0) is 36.2 Å². The first kappa shape index (κ1) is 26.4. The van der Waals surface area contributed by atoms with Crippen molar-refractivity contribution in [3.05, 3.63) is 52.4 Å². The number of hydrogen-bond acceptors (Lipinski definition) is 7. The maximum Gasteiger partial charge on any atom is 0.416 e. The molecule has 0 fully saturated rings. The number of alkyl halides is 3. The molecule has 2 rings (SSSR count). The number of nitrogens with one attached hydrogen (secondary N) is 2. The van der Waals surface area contributed by atoms with Crippen LogP contribution in [0.2, 0.25) is 0 Å². The molecule has 2 aromatic rings. The van der Waals surface area contributed by atoms with Gasteiger partial charge in [-0.2, -0.15) is 13.2 Å². The van der Waals surface area contributed by atoms with Gasteiger partial charge in [0.1, 0.15) is 10.3 Å². The predicted molar refractivity (Wildman–Crippen MR) is 110 cm³/mol. The van der Waals surface area contributed by atoms with Crippen LogP contribution >= 0.6 is 11.3 Å². The highest BCUT2D eigenvalue weighted by atomic mass is 32.2. The van der Waals surface area contributed by atoms with Crippen LogP contribution in [0.25, 0.3) is 0 Å². The van der Waals surface area contributed by atoms with E-state index >= 15 is 0 Å². The lowest BCUT2D eigenvalue weighted by molar-refractivity contribution is -0.150. The molecule has 1 aromatic heterocycles. The van der Waals surface area contributed by atoms with Crippen LogP contribution in [0.5, 0.6) is 0 Å². The Kier molecular flexibility index (Phi) is 8.71. The molecule has 0 aliphatic carbocycles. The molecule has 0 aliphatic rings. The third-order valence-corrected chi connectivity index (χ3v) is 7.30. The van der Waals surface area contributed by atoms with Gasteiger partial charge in [0.15, 0.2) is 0 Å². The zero-order valence-corrected chi connectivity index (χ0v) is 18.4. The molecule has 0 aliphatic heterocycles. The van der Waals surface area contributed by atoms with E-state index in [9.17, 15) is 36.0 Å². The van der Waals surface area contributed by atoms with Gasteiger partial charge in [0.05, 0.1) is 5.56 Å².